The van der Waals surface area contributed by atoms with Crippen molar-refractivity contribution in [2.75, 3.05) is 7.11 Å². The second-order valence-corrected chi connectivity index (χ2v) is 7.23. The quantitative estimate of drug-likeness (QED) is 0.509. The predicted octanol–water partition coefficient (Wildman–Crippen LogP) is 5.10. The van der Waals surface area contributed by atoms with Crippen molar-refractivity contribution in [3.63, 3.8) is 0 Å². The van der Waals surface area contributed by atoms with Crippen LogP contribution >= 0.6 is 0 Å². The predicted molar refractivity (Wildman–Crippen MR) is 119 cm³/mol. The topological polar surface area (TPSA) is 64.1 Å². The van der Waals surface area contributed by atoms with E-state index in [-0.39, 0.29) is 11.9 Å². The van der Waals surface area contributed by atoms with Crippen LogP contribution in [0.2, 0.25) is 0 Å². The molecule has 150 valence electrons. The van der Waals surface area contributed by atoms with Crippen LogP contribution in [0.15, 0.2) is 72.9 Å². The summed E-state index contributed by atoms with van der Waals surface area (Å²) in [5, 5.41) is 3.92. The molecule has 2 aromatic carbocycles. The van der Waals surface area contributed by atoms with Gasteiger partial charge in [0.2, 0.25) is 0 Å². The van der Waals surface area contributed by atoms with E-state index in [1.807, 2.05) is 74.5 Å². The monoisotopic (exact) mass is 397 g/mol. The fraction of sp³-hybridized carbons (Fsp3) is 0.160. The van der Waals surface area contributed by atoms with Crippen molar-refractivity contribution in [2.45, 2.75) is 19.9 Å². The highest BCUT2D eigenvalue weighted by Gasteiger charge is 2.19. The number of fused-ring (bicyclic) bond motifs is 1. The van der Waals surface area contributed by atoms with E-state index in [4.69, 9.17) is 9.72 Å². The summed E-state index contributed by atoms with van der Waals surface area (Å²) in [4.78, 5) is 22.4. The zero-order valence-corrected chi connectivity index (χ0v) is 17.2. The number of nitrogens with zero attached hydrogens (tertiary/aromatic N) is 2. The van der Waals surface area contributed by atoms with Crippen LogP contribution in [0.4, 0.5) is 0 Å². The van der Waals surface area contributed by atoms with Gasteiger partial charge in [0.25, 0.3) is 5.91 Å². The molecular formula is C25H23N3O2. The Labute approximate surface area is 175 Å². The zero-order chi connectivity index (χ0) is 21.1. The molecule has 2 heterocycles. The summed E-state index contributed by atoms with van der Waals surface area (Å²) in [7, 11) is 1.64. The Kier molecular flexibility index (Phi) is 5.44. The fourth-order valence-electron chi connectivity index (χ4n) is 3.55. The number of benzene rings is 2. The molecule has 0 aliphatic carbocycles. The minimum atomic E-state index is -0.224. The van der Waals surface area contributed by atoms with Gasteiger partial charge in [-0.05, 0) is 44.2 Å². The van der Waals surface area contributed by atoms with E-state index in [1.54, 1.807) is 19.4 Å². The molecule has 0 saturated carbocycles. The molecule has 5 heteroatoms. The molecule has 4 aromatic rings. The number of pyridine rings is 2. The molecule has 0 saturated heterocycles. The third kappa shape index (κ3) is 3.87. The van der Waals surface area contributed by atoms with Crippen LogP contribution < -0.4 is 10.1 Å². The average molecular weight is 397 g/mol. The van der Waals surface area contributed by atoms with Crippen molar-refractivity contribution in [3.05, 3.63) is 89.6 Å². The van der Waals surface area contributed by atoms with Crippen molar-refractivity contribution in [1.82, 2.24) is 15.3 Å². The smallest absolute Gasteiger partial charge is 0.252 e. The molecule has 1 atom stereocenters. The van der Waals surface area contributed by atoms with Gasteiger partial charge in [0.05, 0.1) is 35.6 Å². The van der Waals surface area contributed by atoms with E-state index < -0.39 is 0 Å². The number of carbonyl (C=O) groups is 1. The first-order chi connectivity index (χ1) is 14.6. The van der Waals surface area contributed by atoms with Gasteiger partial charge in [-0.1, -0.05) is 42.0 Å². The van der Waals surface area contributed by atoms with Gasteiger partial charge >= 0.3 is 0 Å². The summed E-state index contributed by atoms with van der Waals surface area (Å²) in [5.74, 6) is 0.587. The Morgan fingerprint density at radius 2 is 1.80 bits per heavy atom. The lowest BCUT2D eigenvalue weighted by Gasteiger charge is -2.19. The normalized spacial score (nSPS) is 11.8. The van der Waals surface area contributed by atoms with Crippen LogP contribution in [0.1, 0.15) is 34.5 Å². The second-order valence-electron chi connectivity index (χ2n) is 7.23. The Bertz CT molecular complexity index is 1210. The molecule has 0 fully saturated rings. The number of para-hydroxylation sites is 1. The molecule has 1 unspecified atom stereocenters. The lowest BCUT2D eigenvalue weighted by molar-refractivity contribution is 0.0941. The number of aryl methyl sites for hydroxylation is 1. The van der Waals surface area contributed by atoms with Gasteiger partial charge < -0.3 is 10.1 Å². The Balaban J connectivity index is 1.73. The minimum absolute atomic E-state index is 0.165. The maximum absolute atomic E-state index is 13.3. The van der Waals surface area contributed by atoms with Gasteiger partial charge in [0, 0.05) is 17.1 Å². The van der Waals surface area contributed by atoms with Crippen LogP contribution in [0.3, 0.4) is 0 Å². The number of hydrogen-bond acceptors (Lipinski definition) is 4. The first-order valence-electron chi connectivity index (χ1n) is 9.83. The number of carbonyl (C=O) groups excluding carboxylic acids is 1. The van der Waals surface area contributed by atoms with Gasteiger partial charge in [0.15, 0.2) is 0 Å². The molecule has 0 aliphatic rings. The zero-order valence-electron chi connectivity index (χ0n) is 17.2. The molecule has 1 N–H and O–H groups in total. The molecule has 2 aromatic heterocycles. The SMILES string of the molecule is COc1ccc(C)cc1C(C)NC(=O)c1cc(-c2ccccn2)nc2ccccc12. The van der Waals surface area contributed by atoms with E-state index in [0.717, 1.165) is 33.5 Å². The third-order valence-electron chi connectivity index (χ3n) is 5.09. The highest BCUT2D eigenvalue weighted by Crippen LogP contribution is 2.28. The van der Waals surface area contributed by atoms with E-state index in [0.29, 0.717) is 11.3 Å². The van der Waals surface area contributed by atoms with Gasteiger partial charge in [-0.25, -0.2) is 4.98 Å². The van der Waals surface area contributed by atoms with E-state index >= 15 is 0 Å². The minimum Gasteiger partial charge on any atom is -0.496 e. The summed E-state index contributed by atoms with van der Waals surface area (Å²) in [6.07, 6.45) is 1.72. The number of methoxy groups -OCH3 is 1. The van der Waals surface area contributed by atoms with Gasteiger partial charge in [-0.15, -0.1) is 0 Å². The van der Waals surface area contributed by atoms with Crippen molar-refractivity contribution in [3.8, 4) is 17.1 Å². The Hall–Kier alpha value is -3.73. The molecule has 1 amide bonds. The number of ether oxygens (including phenoxy) is 1. The van der Waals surface area contributed by atoms with Crippen LogP contribution in [0.25, 0.3) is 22.3 Å². The van der Waals surface area contributed by atoms with Crippen molar-refractivity contribution < 1.29 is 9.53 Å². The van der Waals surface area contributed by atoms with Gasteiger partial charge in [0.1, 0.15) is 5.75 Å². The molecule has 5 nitrogen and oxygen atoms in total. The molecule has 0 radical (unpaired) electrons. The molecule has 4 rings (SSSR count). The number of nitrogens with one attached hydrogen (secondary N) is 1. The fourth-order valence-corrected chi connectivity index (χ4v) is 3.55. The Morgan fingerprint density at radius 3 is 2.57 bits per heavy atom. The lowest BCUT2D eigenvalue weighted by atomic mass is 10.0. The summed E-state index contributed by atoms with van der Waals surface area (Å²) in [5.41, 5.74) is 4.77. The summed E-state index contributed by atoms with van der Waals surface area (Å²) in [6.45, 7) is 3.98. The number of aromatic nitrogens is 2. The highest BCUT2D eigenvalue weighted by molar-refractivity contribution is 6.07. The number of amides is 1. The number of rotatable bonds is 5. The van der Waals surface area contributed by atoms with Crippen LogP contribution in [-0.4, -0.2) is 23.0 Å². The summed E-state index contributed by atoms with van der Waals surface area (Å²) >= 11 is 0. The second kappa shape index (κ2) is 8.33. The molecular weight excluding hydrogens is 374 g/mol. The van der Waals surface area contributed by atoms with E-state index in [9.17, 15) is 4.79 Å². The molecule has 0 bridgehead atoms. The number of hydrogen-bond donors (Lipinski definition) is 1. The molecule has 0 aliphatic heterocycles. The van der Waals surface area contributed by atoms with Crippen molar-refractivity contribution in [1.29, 1.82) is 0 Å². The maximum atomic E-state index is 13.3. The van der Waals surface area contributed by atoms with E-state index in [2.05, 4.69) is 10.3 Å². The average Bonchev–Trinajstić information content (AvgIpc) is 2.78. The van der Waals surface area contributed by atoms with Crippen molar-refractivity contribution >= 4 is 16.8 Å². The van der Waals surface area contributed by atoms with E-state index in [1.165, 1.54) is 0 Å². The van der Waals surface area contributed by atoms with Gasteiger partial charge in [-0.3, -0.25) is 9.78 Å². The first kappa shape index (κ1) is 19.6. The maximum Gasteiger partial charge on any atom is 0.252 e. The largest absolute Gasteiger partial charge is 0.496 e. The van der Waals surface area contributed by atoms with Gasteiger partial charge in [-0.2, -0.15) is 0 Å². The first-order valence-corrected chi connectivity index (χ1v) is 9.83. The summed E-state index contributed by atoms with van der Waals surface area (Å²) < 4.78 is 5.49. The van der Waals surface area contributed by atoms with Crippen LogP contribution in [0, 0.1) is 6.92 Å². The summed E-state index contributed by atoms with van der Waals surface area (Å²) in [6, 6.07) is 20.8. The standard InChI is InChI=1S/C25H23N3O2/c1-16-11-12-24(30-3)19(14-16)17(2)27-25(29)20-15-23(22-10-6-7-13-26-22)28-21-9-5-4-8-18(20)21/h4-15,17H,1-3H3,(H,27,29). The van der Waals surface area contributed by atoms with Crippen LogP contribution in [0.5, 0.6) is 5.75 Å². The lowest BCUT2D eigenvalue weighted by Crippen LogP contribution is -2.27. The molecule has 0 spiro atoms. The third-order valence-corrected chi connectivity index (χ3v) is 5.09. The van der Waals surface area contributed by atoms with Crippen LogP contribution in [-0.2, 0) is 0 Å². The highest BCUT2D eigenvalue weighted by atomic mass is 16.5. The Morgan fingerprint density at radius 1 is 1.00 bits per heavy atom. The van der Waals surface area contributed by atoms with Crippen molar-refractivity contribution in [2.24, 2.45) is 0 Å². The molecule has 30 heavy (non-hydrogen) atoms.